The average Bonchev–Trinajstić information content (AvgIpc) is 2.69. The monoisotopic (exact) mass is 202 g/mol. The number of aromatic hydroxyl groups is 1. The van der Waals surface area contributed by atoms with Crippen molar-refractivity contribution < 1.29 is 5.11 Å². The van der Waals surface area contributed by atoms with Gasteiger partial charge in [0, 0.05) is 24.0 Å². The Morgan fingerprint density at radius 3 is 2.87 bits per heavy atom. The number of hydrogen-bond acceptors (Lipinski definition) is 3. The van der Waals surface area contributed by atoms with Crippen LogP contribution in [-0.2, 0) is 0 Å². The van der Waals surface area contributed by atoms with Crippen molar-refractivity contribution in [2.45, 2.75) is 0 Å². The van der Waals surface area contributed by atoms with E-state index in [1.165, 1.54) is 12.1 Å². The van der Waals surface area contributed by atoms with Gasteiger partial charge in [-0.3, -0.25) is 5.41 Å². The van der Waals surface area contributed by atoms with E-state index in [0.29, 0.717) is 11.3 Å². The van der Waals surface area contributed by atoms with Gasteiger partial charge >= 0.3 is 0 Å². The van der Waals surface area contributed by atoms with Crippen molar-refractivity contribution in [3.63, 3.8) is 0 Å². The van der Waals surface area contributed by atoms with Crippen LogP contribution in [0.25, 0.3) is 5.69 Å². The summed E-state index contributed by atoms with van der Waals surface area (Å²) in [5.74, 6) is 0.0611. The molecule has 5 nitrogen and oxygen atoms in total. The third kappa shape index (κ3) is 1.67. The van der Waals surface area contributed by atoms with Crippen LogP contribution in [0, 0.1) is 5.41 Å². The number of phenols is 1. The van der Waals surface area contributed by atoms with Crippen molar-refractivity contribution in [3.05, 3.63) is 42.2 Å². The second-order valence-corrected chi connectivity index (χ2v) is 3.07. The first-order valence-electron chi connectivity index (χ1n) is 4.36. The van der Waals surface area contributed by atoms with Crippen molar-refractivity contribution in [1.29, 1.82) is 5.41 Å². The molecule has 0 radical (unpaired) electrons. The van der Waals surface area contributed by atoms with Gasteiger partial charge in [0.1, 0.15) is 11.6 Å². The van der Waals surface area contributed by atoms with Crippen LogP contribution in [0.2, 0.25) is 0 Å². The molecule has 4 N–H and O–H groups in total. The topological polar surface area (TPSA) is 87.9 Å². The molecule has 0 fully saturated rings. The maximum absolute atomic E-state index is 9.37. The smallest absolute Gasteiger partial charge is 0.124 e. The molecule has 0 spiro atoms. The van der Waals surface area contributed by atoms with Crippen LogP contribution in [0.15, 0.2) is 36.7 Å². The molecule has 0 aliphatic heterocycles. The van der Waals surface area contributed by atoms with Crippen LogP contribution in [-0.4, -0.2) is 20.7 Å². The summed E-state index contributed by atoms with van der Waals surface area (Å²) in [5.41, 5.74) is 6.56. The third-order valence-electron chi connectivity index (χ3n) is 2.02. The highest BCUT2D eigenvalue weighted by Gasteiger charge is 2.08. The standard InChI is InChI=1S/C10H10N4O/c11-10(12)8-3-2-7(15)6-9(8)14-5-1-4-13-14/h1-6,15H,(H3,11,12). The Morgan fingerprint density at radius 1 is 1.47 bits per heavy atom. The summed E-state index contributed by atoms with van der Waals surface area (Å²) in [6, 6.07) is 6.36. The van der Waals surface area contributed by atoms with Crippen molar-refractivity contribution in [3.8, 4) is 11.4 Å². The average molecular weight is 202 g/mol. The van der Waals surface area contributed by atoms with Gasteiger partial charge in [-0.2, -0.15) is 5.10 Å². The molecule has 76 valence electrons. The van der Waals surface area contributed by atoms with Crippen molar-refractivity contribution in [1.82, 2.24) is 9.78 Å². The first kappa shape index (κ1) is 9.26. The van der Waals surface area contributed by atoms with Crippen molar-refractivity contribution in [2.24, 2.45) is 5.73 Å². The van der Waals surface area contributed by atoms with Gasteiger partial charge in [0.2, 0.25) is 0 Å². The predicted molar refractivity (Wildman–Crippen MR) is 56.2 cm³/mol. The van der Waals surface area contributed by atoms with Gasteiger partial charge in [-0.15, -0.1) is 0 Å². The van der Waals surface area contributed by atoms with Gasteiger partial charge < -0.3 is 10.8 Å². The zero-order valence-corrected chi connectivity index (χ0v) is 7.88. The minimum absolute atomic E-state index is 0.0551. The fourth-order valence-electron chi connectivity index (χ4n) is 1.35. The maximum Gasteiger partial charge on any atom is 0.124 e. The largest absolute Gasteiger partial charge is 0.508 e. The molecule has 0 saturated carbocycles. The first-order chi connectivity index (χ1) is 7.18. The zero-order valence-electron chi connectivity index (χ0n) is 7.88. The van der Waals surface area contributed by atoms with Crippen LogP contribution in [0.1, 0.15) is 5.56 Å². The number of phenolic OH excluding ortho intramolecular Hbond substituents is 1. The fraction of sp³-hybridized carbons (Fsp3) is 0. The lowest BCUT2D eigenvalue weighted by molar-refractivity contribution is 0.474. The van der Waals surface area contributed by atoms with Crippen molar-refractivity contribution >= 4 is 5.84 Å². The Morgan fingerprint density at radius 2 is 2.27 bits per heavy atom. The number of nitrogen functional groups attached to an aromatic ring is 1. The van der Waals surface area contributed by atoms with E-state index in [4.69, 9.17) is 11.1 Å². The molecule has 0 atom stereocenters. The van der Waals surface area contributed by atoms with E-state index in [-0.39, 0.29) is 11.6 Å². The zero-order chi connectivity index (χ0) is 10.8. The number of nitrogens with one attached hydrogen (secondary N) is 1. The van der Waals surface area contributed by atoms with E-state index in [2.05, 4.69) is 5.10 Å². The Bertz CT molecular complexity index is 490. The summed E-state index contributed by atoms with van der Waals surface area (Å²) >= 11 is 0. The number of hydrogen-bond donors (Lipinski definition) is 3. The molecule has 1 heterocycles. The van der Waals surface area contributed by atoms with Gasteiger partial charge in [0.25, 0.3) is 0 Å². The summed E-state index contributed by atoms with van der Waals surface area (Å²) < 4.78 is 1.55. The highest BCUT2D eigenvalue weighted by Crippen LogP contribution is 2.19. The Balaban J connectivity index is 2.63. The first-order valence-corrected chi connectivity index (χ1v) is 4.36. The van der Waals surface area contributed by atoms with Gasteiger partial charge in [-0.1, -0.05) is 0 Å². The van der Waals surface area contributed by atoms with Gasteiger partial charge in [0.05, 0.1) is 5.69 Å². The molecule has 0 bridgehead atoms. The summed E-state index contributed by atoms with van der Waals surface area (Å²) in [5, 5.41) is 20.8. The van der Waals surface area contributed by atoms with Crippen LogP contribution < -0.4 is 5.73 Å². The lowest BCUT2D eigenvalue weighted by Gasteiger charge is -2.08. The quantitative estimate of drug-likeness (QED) is 0.498. The second kappa shape index (κ2) is 3.45. The number of amidine groups is 1. The molecule has 2 rings (SSSR count). The van der Waals surface area contributed by atoms with Crippen LogP contribution in [0.4, 0.5) is 0 Å². The van der Waals surface area contributed by atoms with E-state index >= 15 is 0 Å². The minimum Gasteiger partial charge on any atom is -0.508 e. The SMILES string of the molecule is N=C(N)c1ccc(O)cc1-n1cccn1. The highest BCUT2D eigenvalue weighted by molar-refractivity contribution is 5.98. The molecular formula is C10H10N4O. The summed E-state index contributed by atoms with van der Waals surface area (Å²) in [6.45, 7) is 0. The second-order valence-electron chi connectivity index (χ2n) is 3.07. The number of nitrogens with zero attached hydrogens (tertiary/aromatic N) is 2. The van der Waals surface area contributed by atoms with Crippen LogP contribution >= 0.6 is 0 Å². The van der Waals surface area contributed by atoms with Gasteiger partial charge in [0.15, 0.2) is 0 Å². The Kier molecular flexibility index (Phi) is 2.13. The highest BCUT2D eigenvalue weighted by atomic mass is 16.3. The number of benzene rings is 1. The van der Waals surface area contributed by atoms with E-state index in [1.54, 1.807) is 29.2 Å². The van der Waals surface area contributed by atoms with E-state index in [0.717, 1.165) is 0 Å². The van der Waals surface area contributed by atoms with Crippen LogP contribution in [0.3, 0.4) is 0 Å². The number of rotatable bonds is 2. The molecule has 1 aromatic heterocycles. The predicted octanol–water partition coefficient (Wildman–Crippen LogP) is 0.862. The van der Waals surface area contributed by atoms with E-state index < -0.39 is 0 Å². The molecule has 0 unspecified atom stereocenters. The molecule has 0 amide bonds. The van der Waals surface area contributed by atoms with Gasteiger partial charge in [-0.05, 0) is 18.2 Å². The molecule has 0 saturated heterocycles. The number of nitrogens with two attached hydrogens (primary N) is 1. The molecule has 0 aliphatic carbocycles. The Labute approximate surface area is 86.3 Å². The van der Waals surface area contributed by atoms with Crippen LogP contribution in [0.5, 0.6) is 5.75 Å². The molecular weight excluding hydrogens is 192 g/mol. The molecule has 1 aromatic carbocycles. The normalized spacial score (nSPS) is 10.1. The molecule has 5 heteroatoms. The lowest BCUT2D eigenvalue weighted by Crippen LogP contribution is -2.14. The van der Waals surface area contributed by atoms with Crippen molar-refractivity contribution in [2.75, 3.05) is 0 Å². The van der Waals surface area contributed by atoms with E-state index in [1.807, 2.05) is 0 Å². The van der Waals surface area contributed by atoms with E-state index in [9.17, 15) is 5.11 Å². The molecule has 0 aliphatic rings. The third-order valence-corrected chi connectivity index (χ3v) is 2.02. The summed E-state index contributed by atoms with van der Waals surface area (Å²) in [7, 11) is 0. The molecule has 15 heavy (non-hydrogen) atoms. The Hall–Kier alpha value is -2.30. The maximum atomic E-state index is 9.37. The summed E-state index contributed by atoms with van der Waals surface area (Å²) in [6.07, 6.45) is 3.34. The van der Waals surface area contributed by atoms with Gasteiger partial charge in [-0.25, -0.2) is 4.68 Å². The lowest BCUT2D eigenvalue weighted by atomic mass is 10.1. The fourth-order valence-corrected chi connectivity index (χ4v) is 1.35. The summed E-state index contributed by atoms with van der Waals surface area (Å²) in [4.78, 5) is 0. The molecule has 2 aromatic rings. The minimum atomic E-state index is -0.0551. The number of aromatic nitrogens is 2.